The van der Waals surface area contributed by atoms with Gasteiger partial charge in [0.05, 0.1) is 6.54 Å². The Bertz CT molecular complexity index is 250. The maximum absolute atomic E-state index is 11.6. The predicted octanol–water partition coefficient (Wildman–Crippen LogP) is -0.139. The van der Waals surface area contributed by atoms with Crippen LogP contribution in [-0.4, -0.2) is 48.3 Å². The Labute approximate surface area is 77.8 Å². The first kappa shape index (κ1) is 9.77. The van der Waals surface area contributed by atoms with Crippen LogP contribution < -0.4 is 0 Å². The summed E-state index contributed by atoms with van der Waals surface area (Å²) in [4.78, 5) is 25.8. The molecule has 0 aromatic carbocycles. The fourth-order valence-corrected chi connectivity index (χ4v) is 1.40. The smallest absolute Gasteiger partial charge is 0.245 e. The van der Waals surface area contributed by atoms with Gasteiger partial charge in [-0.25, -0.2) is 0 Å². The maximum atomic E-state index is 11.6. The van der Waals surface area contributed by atoms with Gasteiger partial charge in [0.2, 0.25) is 11.8 Å². The van der Waals surface area contributed by atoms with Crippen LogP contribution in [0.15, 0.2) is 12.7 Å². The van der Waals surface area contributed by atoms with Gasteiger partial charge in [0.1, 0.15) is 6.04 Å². The summed E-state index contributed by atoms with van der Waals surface area (Å²) in [5.41, 5.74) is 0. The van der Waals surface area contributed by atoms with Gasteiger partial charge in [-0.05, 0) is 6.42 Å². The van der Waals surface area contributed by atoms with Crippen molar-refractivity contribution < 1.29 is 9.59 Å². The number of likely N-dealkylation sites (N-methyl/N-ethyl adjacent to an activating group) is 2. The molecule has 4 heteroatoms. The van der Waals surface area contributed by atoms with Crippen LogP contribution in [0, 0.1) is 0 Å². The maximum Gasteiger partial charge on any atom is 0.245 e. The molecule has 1 rings (SSSR count). The Kier molecular flexibility index (Phi) is 2.70. The van der Waals surface area contributed by atoms with E-state index in [1.165, 1.54) is 9.80 Å². The Morgan fingerprint density at radius 2 is 2.15 bits per heavy atom. The molecule has 1 fully saturated rings. The van der Waals surface area contributed by atoms with E-state index in [1.54, 1.807) is 20.2 Å². The first-order valence-electron chi connectivity index (χ1n) is 4.19. The number of hydrogen-bond donors (Lipinski definition) is 0. The molecule has 1 aliphatic rings. The number of piperazine rings is 1. The summed E-state index contributed by atoms with van der Waals surface area (Å²) in [7, 11) is 3.30. The van der Waals surface area contributed by atoms with Crippen LogP contribution in [-0.2, 0) is 9.59 Å². The zero-order valence-electron chi connectivity index (χ0n) is 7.99. The van der Waals surface area contributed by atoms with Gasteiger partial charge >= 0.3 is 0 Å². The molecular weight excluding hydrogens is 168 g/mol. The summed E-state index contributed by atoms with van der Waals surface area (Å²) < 4.78 is 0. The zero-order valence-corrected chi connectivity index (χ0v) is 7.99. The van der Waals surface area contributed by atoms with Crippen LogP contribution in [0.5, 0.6) is 0 Å². The predicted molar refractivity (Wildman–Crippen MR) is 49.0 cm³/mol. The second kappa shape index (κ2) is 3.60. The van der Waals surface area contributed by atoms with Gasteiger partial charge in [-0.15, -0.1) is 6.58 Å². The fraction of sp³-hybridized carbons (Fsp3) is 0.556. The van der Waals surface area contributed by atoms with Gasteiger partial charge < -0.3 is 9.80 Å². The van der Waals surface area contributed by atoms with E-state index in [-0.39, 0.29) is 24.4 Å². The number of carbonyl (C=O) groups is 2. The lowest BCUT2D eigenvalue weighted by Crippen LogP contribution is -2.56. The highest BCUT2D eigenvalue weighted by Crippen LogP contribution is 2.12. The average molecular weight is 182 g/mol. The molecule has 4 nitrogen and oxygen atoms in total. The van der Waals surface area contributed by atoms with E-state index in [0.717, 1.165) is 0 Å². The number of carbonyl (C=O) groups excluding carboxylic acids is 2. The second-order valence-corrected chi connectivity index (χ2v) is 3.24. The molecule has 0 N–H and O–H groups in total. The molecule has 2 amide bonds. The molecule has 0 bridgehead atoms. The van der Waals surface area contributed by atoms with Crippen molar-refractivity contribution in [2.24, 2.45) is 0 Å². The standard InChI is InChI=1S/C9H14N2O2/c1-4-5-7-9(13)10(2)6-8(12)11(7)3/h4,7H,1,5-6H2,2-3H3/t7-/m1/s1. The van der Waals surface area contributed by atoms with Crippen molar-refractivity contribution in [1.29, 1.82) is 0 Å². The normalized spacial score (nSPS) is 23.7. The van der Waals surface area contributed by atoms with Crippen molar-refractivity contribution in [3.63, 3.8) is 0 Å². The van der Waals surface area contributed by atoms with Crippen LogP contribution in [0.2, 0.25) is 0 Å². The van der Waals surface area contributed by atoms with E-state index >= 15 is 0 Å². The zero-order chi connectivity index (χ0) is 10.0. The molecule has 0 aromatic heterocycles. The van der Waals surface area contributed by atoms with Crippen molar-refractivity contribution in [2.75, 3.05) is 20.6 Å². The quantitative estimate of drug-likeness (QED) is 0.558. The van der Waals surface area contributed by atoms with Crippen molar-refractivity contribution in [2.45, 2.75) is 12.5 Å². The van der Waals surface area contributed by atoms with Crippen LogP contribution in [0.4, 0.5) is 0 Å². The van der Waals surface area contributed by atoms with Gasteiger partial charge in [-0.2, -0.15) is 0 Å². The van der Waals surface area contributed by atoms with Crippen molar-refractivity contribution in [1.82, 2.24) is 9.80 Å². The van der Waals surface area contributed by atoms with Crippen LogP contribution in [0.1, 0.15) is 6.42 Å². The number of rotatable bonds is 2. The van der Waals surface area contributed by atoms with E-state index < -0.39 is 0 Å². The molecule has 72 valence electrons. The largest absolute Gasteiger partial charge is 0.335 e. The van der Waals surface area contributed by atoms with E-state index in [4.69, 9.17) is 0 Å². The average Bonchev–Trinajstić information content (AvgIpc) is 2.09. The first-order valence-corrected chi connectivity index (χ1v) is 4.19. The third-order valence-electron chi connectivity index (χ3n) is 2.28. The number of hydrogen-bond acceptors (Lipinski definition) is 2. The Balaban J connectivity index is 2.81. The highest BCUT2D eigenvalue weighted by Gasteiger charge is 2.34. The topological polar surface area (TPSA) is 40.6 Å². The molecule has 0 unspecified atom stereocenters. The lowest BCUT2D eigenvalue weighted by Gasteiger charge is -2.35. The van der Waals surface area contributed by atoms with Crippen LogP contribution in [0.25, 0.3) is 0 Å². The highest BCUT2D eigenvalue weighted by atomic mass is 16.2. The summed E-state index contributed by atoms with van der Waals surface area (Å²) in [6.45, 7) is 3.75. The van der Waals surface area contributed by atoms with E-state index in [0.29, 0.717) is 6.42 Å². The van der Waals surface area contributed by atoms with Gasteiger partial charge in [-0.3, -0.25) is 9.59 Å². The summed E-state index contributed by atoms with van der Waals surface area (Å²) in [6.07, 6.45) is 2.18. The number of nitrogens with zero attached hydrogens (tertiary/aromatic N) is 2. The van der Waals surface area contributed by atoms with Gasteiger partial charge in [0, 0.05) is 14.1 Å². The lowest BCUT2D eigenvalue weighted by molar-refractivity contribution is -0.152. The van der Waals surface area contributed by atoms with Crippen LogP contribution in [0.3, 0.4) is 0 Å². The van der Waals surface area contributed by atoms with Gasteiger partial charge in [0.25, 0.3) is 0 Å². The molecule has 0 spiro atoms. The molecule has 1 saturated heterocycles. The molecule has 1 atom stereocenters. The first-order chi connectivity index (χ1) is 6.07. The van der Waals surface area contributed by atoms with Crippen molar-refractivity contribution in [3.8, 4) is 0 Å². The Hall–Kier alpha value is -1.32. The summed E-state index contributed by atoms with van der Waals surface area (Å²) in [6, 6.07) is -0.358. The van der Waals surface area contributed by atoms with E-state index in [9.17, 15) is 9.59 Å². The molecule has 0 aliphatic carbocycles. The fourth-order valence-electron chi connectivity index (χ4n) is 1.40. The van der Waals surface area contributed by atoms with Crippen LogP contribution >= 0.6 is 0 Å². The highest BCUT2D eigenvalue weighted by molar-refractivity contribution is 5.94. The minimum Gasteiger partial charge on any atom is -0.335 e. The Morgan fingerprint density at radius 1 is 1.54 bits per heavy atom. The summed E-state index contributed by atoms with van der Waals surface area (Å²) in [5.74, 6) is -0.0315. The van der Waals surface area contributed by atoms with Gasteiger partial charge in [0.15, 0.2) is 0 Å². The molecule has 1 aliphatic heterocycles. The Morgan fingerprint density at radius 3 is 2.69 bits per heavy atom. The van der Waals surface area contributed by atoms with E-state index in [2.05, 4.69) is 6.58 Å². The molecule has 0 radical (unpaired) electrons. The summed E-state index contributed by atoms with van der Waals surface area (Å²) in [5, 5.41) is 0. The second-order valence-electron chi connectivity index (χ2n) is 3.24. The SMILES string of the molecule is C=CC[C@@H]1C(=O)N(C)CC(=O)N1C. The minimum absolute atomic E-state index is 0.0120. The molecule has 0 aromatic rings. The molecule has 1 heterocycles. The van der Waals surface area contributed by atoms with Crippen molar-refractivity contribution >= 4 is 11.8 Å². The third kappa shape index (κ3) is 1.71. The number of amides is 2. The monoisotopic (exact) mass is 182 g/mol. The van der Waals surface area contributed by atoms with Gasteiger partial charge in [-0.1, -0.05) is 6.08 Å². The molecule has 13 heavy (non-hydrogen) atoms. The summed E-state index contributed by atoms with van der Waals surface area (Å²) >= 11 is 0. The molecular formula is C9H14N2O2. The minimum atomic E-state index is -0.358. The van der Waals surface area contributed by atoms with E-state index in [1.807, 2.05) is 0 Å². The lowest BCUT2D eigenvalue weighted by atomic mass is 10.1. The van der Waals surface area contributed by atoms with Crippen molar-refractivity contribution in [3.05, 3.63) is 12.7 Å². The third-order valence-corrected chi connectivity index (χ3v) is 2.28. The molecule has 0 saturated carbocycles.